The number of hydrogen-bond acceptors (Lipinski definition) is 5. The summed E-state index contributed by atoms with van der Waals surface area (Å²) in [6.07, 6.45) is 5.27. The molecule has 31 heavy (non-hydrogen) atoms. The number of amides is 3. The molecule has 0 aromatic heterocycles. The van der Waals surface area contributed by atoms with Crippen LogP contribution in [0.5, 0.6) is 5.75 Å². The normalized spacial score (nSPS) is 26.6. The molecule has 0 spiro atoms. The number of carbonyl (C=O) groups excluding carboxylic acids is 2. The van der Waals surface area contributed by atoms with Crippen LogP contribution in [0.25, 0.3) is 0 Å². The number of methoxy groups -OCH3 is 1. The van der Waals surface area contributed by atoms with Crippen molar-refractivity contribution in [2.45, 2.75) is 61.3 Å². The summed E-state index contributed by atoms with van der Waals surface area (Å²) in [4.78, 5) is 24.0. The van der Waals surface area contributed by atoms with Gasteiger partial charge in [0.15, 0.2) is 0 Å². The number of nitrogens with one attached hydrogen (secondary N) is 3. The largest absolute Gasteiger partial charge is 0.497 e. The van der Waals surface area contributed by atoms with E-state index in [4.69, 9.17) is 9.47 Å². The molecule has 3 fully saturated rings. The first-order chi connectivity index (χ1) is 15.1. The number of ether oxygens (including phenoxy) is 2. The molecule has 3 saturated heterocycles. The highest BCUT2D eigenvalue weighted by atomic mass is 32.2. The zero-order chi connectivity index (χ0) is 21.7. The fourth-order valence-electron chi connectivity index (χ4n) is 4.90. The second-order valence-corrected chi connectivity index (χ2v) is 10.0. The van der Waals surface area contributed by atoms with Gasteiger partial charge in [-0.25, -0.2) is 4.79 Å². The zero-order valence-corrected chi connectivity index (χ0v) is 19.0. The molecule has 7 nitrogen and oxygen atoms in total. The van der Waals surface area contributed by atoms with Crippen molar-refractivity contribution < 1.29 is 19.1 Å². The Balaban J connectivity index is 1.22. The Morgan fingerprint density at radius 1 is 1.23 bits per heavy atom. The Bertz CT molecular complexity index is 767. The first-order valence-electron chi connectivity index (χ1n) is 11.3. The van der Waals surface area contributed by atoms with Gasteiger partial charge in [0.1, 0.15) is 5.75 Å². The molecule has 0 unspecified atom stereocenters. The molecule has 0 aliphatic carbocycles. The summed E-state index contributed by atoms with van der Waals surface area (Å²) in [6, 6.07) is 8.66. The zero-order valence-electron chi connectivity index (χ0n) is 18.2. The van der Waals surface area contributed by atoms with E-state index in [1.165, 1.54) is 5.56 Å². The van der Waals surface area contributed by atoms with Crippen LogP contribution in [-0.4, -0.2) is 61.9 Å². The molecule has 3 atom stereocenters. The molecule has 170 valence electrons. The van der Waals surface area contributed by atoms with Crippen LogP contribution in [0.4, 0.5) is 4.79 Å². The van der Waals surface area contributed by atoms with E-state index in [1.807, 2.05) is 23.9 Å². The van der Waals surface area contributed by atoms with Crippen LogP contribution in [0.2, 0.25) is 0 Å². The maximum absolute atomic E-state index is 12.5. The number of benzene rings is 1. The summed E-state index contributed by atoms with van der Waals surface area (Å²) in [5.74, 6) is 1.94. The third kappa shape index (κ3) is 5.29. The fourth-order valence-corrected chi connectivity index (χ4v) is 6.45. The number of hydrogen-bond donors (Lipinski definition) is 3. The molecule has 3 amide bonds. The third-order valence-electron chi connectivity index (χ3n) is 6.86. The van der Waals surface area contributed by atoms with Crippen molar-refractivity contribution in [3.8, 4) is 5.75 Å². The predicted octanol–water partition coefficient (Wildman–Crippen LogP) is 2.59. The number of fused-ring (bicyclic) bond motifs is 1. The Labute approximate surface area is 188 Å². The Hall–Kier alpha value is -1.93. The van der Waals surface area contributed by atoms with Gasteiger partial charge < -0.3 is 25.4 Å². The molecule has 1 aromatic rings. The average molecular weight is 448 g/mol. The predicted molar refractivity (Wildman–Crippen MR) is 122 cm³/mol. The maximum atomic E-state index is 12.5. The summed E-state index contributed by atoms with van der Waals surface area (Å²) >= 11 is 1.93. The number of unbranched alkanes of at least 4 members (excludes halogenated alkanes) is 1. The molecular weight excluding hydrogens is 414 g/mol. The molecule has 0 radical (unpaired) electrons. The lowest BCUT2D eigenvalue weighted by Gasteiger charge is -2.38. The van der Waals surface area contributed by atoms with Crippen LogP contribution in [0, 0.1) is 0 Å². The first-order valence-corrected chi connectivity index (χ1v) is 12.3. The van der Waals surface area contributed by atoms with Crippen LogP contribution in [-0.2, 0) is 14.9 Å². The highest BCUT2D eigenvalue weighted by Gasteiger charge is 2.42. The molecule has 1 aromatic carbocycles. The molecule has 3 aliphatic heterocycles. The van der Waals surface area contributed by atoms with E-state index >= 15 is 0 Å². The Morgan fingerprint density at radius 2 is 2.00 bits per heavy atom. The van der Waals surface area contributed by atoms with E-state index in [2.05, 4.69) is 28.1 Å². The molecule has 3 heterocycles. The van der Waals surface area contributed by atoms with E-state index in [0.29, 0.717) is 31.4 Å². The van der Waals surface area contributed by atoms with E-state index in [0.717, 1.165) is 43.6 Å². The van der Waals surface area contributed by atoms with Gasteiger partial charge in [0.2, 0.25) is 5.91 Å². The second-order valence-electron chi connectivity index (χ2n) is 8.77. The lowest BCUT2D eigenvalue weighted by Crippen LogP contribution is -2.44. The molecular formula is C23H33N3O4S. The van der Waals surface area contributed by atoms with E-state index in [-0.39, 0.29) is 29.4 Å². The van der Waals surface area contributed by atoms with Gasteiger partial charge in [0, 0.05) is 42.6 Å². The maximum Gasteiger partial charge on any atom is 0.315 e. The summed E-state index contributed by atoms with van der Waals surface area (Å²) in [5.41, 5.74) is 1.15. The highest BCUT2D eigenvalue weighted by Crippen LogP contribution is 2.35. The van der Waals surface area contributed by atoms with Crippen molar-refractivity contribution in [2.75, 3.05) is 32.6 Å². The van der Waals surface area contributed by atoms with E-state index < -0.39 is 0 Å². The smallest absolute Gasteiger partial charge is 0.315 e. The topological polar surface area (TPSA) is 88.7 Å². The van der Waals surface area contributed by atoms with Gasteiger partial charge in [-0.05, 0) is 43.4 Å². The van der Waals surface area contributed by atoms with Crippen molar-refractivity contribution in [1.29, 1.82) is 0 Å². The van der Waals surface area contributed by atoms with Gasteiger partial charge in [-0.15, -0.1) is 0 Å². The van der Waals surface area contributed by atoms with Crippen molar-refractivity contribution in [1.82, 2.24) is 16.0 Å². The third-order valence-corrected chi connectivity index (χ3v) is 8.37. The summed E-state index contributed by atoms with van der Waals surface area (Å²) in [6.45, 7) is 2.07. The van der Waals surface area contributed by atoms with Gasteiger partial charge in [0.25, 0.3) is 0 Å². The molecule has 3 aliphatic rings. The number of thioether (sulfide) groups is 1. The summed E-state index contributed by atoms with van der Waals surface area (Å²) in [5, 5.41) is 9.65. The Morgan fingerprint density at radius 3 is 2.74 bits per heavy atom. The van der Waals surface area contributed by atoms with Gasteiger partial charge in [-0.1, -0.05) is 18.6 Å². The number of rotatable bonds is 9. The van der Waals surface area contributed by atoms with Crippen molar-refractivity contribution in [3.05, 3.63) is 29.8 Å². The molecule has 4 rings (SSSR count). The SMILES string of the molecule is COc1ccc(C2(CNC(=O)CCCC[C@@H]3SC[C@@H]4NC(=O)N[C@@H]43)CCOCC2)cc1. The fraction of sp³-hybridized carbons (Fsp3) is 0.652. The van der Waals surface area contributed by atoms with Crippen LogP contribution in [0.15, 0.2) is 24.3 Å². The van der Waals surface area contributed by atoms with Crippen LogP contribution >= 0.6 is 11.8 Å². The van der Waals surface area contributed by atoms with Gasteiger partial charge in [-0.2, -0.15) is 11.8 Å². The lowest BCUT2D eigenvalue weighted by molar-refractivity contribution is -0.121. The first kappa shape index (κ1) is 22.3. The summed E-state index contributed by atoms with van der Waals surface area (Å²) in [7, 11) is 1.67. The lowest BCUT2D eigenvalue weighted by atomic mass is 9.74. The van der Waals surface area contributed by atoms with E-state index in [9.17, 15) is 9.59 Å². The monoisotopic (exact) mass is 447 g/mol. The van der Waals surface area contributed by atoms with Crippen LogP contribution in [0.3, 0.4) is 0 Å². The minimum atomic E-state index is -0.0800. The van der Waals surface area contributed by atoms with Gasteiger partial charge >= 0.3 is 6.03 Å². The highest BCUT2D eigenvalue weighted by molar-refractivity contribution is 8.00. The van der Waals surface area contributed by atoms with E-state index in [1.54, 1.807) is 7.11 Å². The number of carbonyl (C=O) groups is 2. The van der Waals surface area contributed by atoms with Gasteiger partial charge in [0.05, 0.1) is 19.2 Å². The average Bonchev–Trinajstić information content (AvgIpc) is 3.35. The summed E-state index contributed by atoms with van der Waals surface area (Å²) < 4.78 is 10.9. The molecule has 8 heteroatoms. The van der Waals surface area contributed by atoms with Gasteiger partial charge in [-0.3, -0.25) is 4.79 Å². The minimum Gasteiger partial charge on any atom is -0.497 e. The second kappa shape index (κ2) is 10.1. The Kier molecular flexibility index (Phi) is 7.27. The van der Waals surface area contributed by atoms with Crippen LogP contribution < -0.4 is 20.7 Å². The standard InChI is InChI=1S/C23H33N3O4S/c1-29-17-8-6-16(7-9-17)23(10-12-30-13-11-23)15-24-20(27)5-3-2-4-19-21-18(14-31-19)25-22(28)26-21/h6-9,18-19,21H,2-5,10-15H2,1H3,(H,24,27)(H2,25,26,28)/t18-,19-,21-/m0/s1. The number of urea groups is 1. The molecule has 0 bridgehead atoms. The van der Waals surface area contributed by atoms with Crippen molar-refractivity contribution in [3.63, 3.8) is 0 Å². The van der Waals surface area contributed by atoms with Crippen molar-refractivity contribution >= 4 is 23.7 Å². The van der Waals surface area contributed by atoms with Crippen LogP contribution in [0.1, 0.15) is 44.1 Å². The molecule has 3 N–H and O–H groups in total. The molecule has 0 saturated carbocycles. The minimum absolute atomic E-state index is 0.0430. The van der Waals surface area contributed by atoms with Crippen molar-refractivity contribution in [2.24, 2.45) is 0 Å². The quantitative estimate of drug-likeness (QED) is 0.400.